The summed E-state index contributed by atoms with van der Waals surface area (Å²) >= 11 is 0. The van der Waals surface area contributed by atoms with Crippen LogP contribution in [0.5, 0.6) is 5.75 Å². The molecule has 7 nitrogen and oxygen atoms in total. The molecule has 0 amide bonds. The number of nitrogens with one attached hydrogen (secondary N) is 3. The van der Waals surface area contributed by atoms with Gasteiger partial charge in [0.25, 0.3) is 0 Å². The highest BCUT2D eigenvalue weighted by Gasteiger charge is 2.27. The maximum atomic E-state index is 13.3. The molecule has 0 unspecified atom stereocenters. The molecule has 1 aliphatic heterocycles. The number of hydrogen-bond donors (Lipinski definition) is 3. The van der Waals surface area contributed by atoms with Crippen molar-refractivity contribution in [2.45, 2.75) is 11.3 Å². The number of sulfone groups is 1. The smallest absolute Gasteiger partial charge is 0.223 e. The number of benzene rings is 2. The maximum Gasteiger partial charge on any atom is 0.223 e. The van der Waals surface area contributed by atoms with Gasteiger partial charge in [0.05, 0.1) is 23.4 Å². The van der Waals surface area contributed by atoms with Crippen LogP contribution in [0.25, 0.3) is 0 Å². The van der Waals surface area contributed by atoms with Crippen LogP contribution in [-0.2, 0) is 9.84 Å². The summed E-state index contributed by atoms with van der Waals surface area (Å²) in [5.41, 5.74) is 2.38. The molecule has 2 aromatic carbocycles. The van der Waals surface area contributed by atoms with E-state index in [1.54, 1.807) is 37.4 Å². The Balaban J connectivity index is 1.83. The molecule has 3 N–H and O–H groups in total. The molecule has 172 valence electrons. The first-order valence-electron chi connectivity index (χ1n) is 10.9. The van der Waals surface area contributed by atoms with Gasteiger partial charge in [-0.15, -0.1) is 0 Å². The van der Waals surface area contributed by atoms with Crippen molar-refractivity contribution in [3.8, 4) is 5.75 Å². The number of nitrogens with zero attached hydrogens (tertiary/aromatic N) is 1. The van der Waals surface area contributed by atoms with Gasteiger partial charge in [0.15, 0.2) is 5.04 Å². The van der Waals surface area contributed by atoms with Crippen molar-refractivity contribution in [2.24, 2.45) is 0 Å². The number of piperazine rings is 1. The average molecular weight is 465 g/mol. The molecular formula is C25H28N4O3S. The molecule has 4 rings (SSSR count). The Bertz CT molecular complexity index is 1210. The van der Waals surface area contributed by atoms with Crippen molar-refractivity contribution in [1.29, 1.82) is 5.41 Å². The number of methoxy groups -OCH3 is 1. The fourth-order valence-electron chi connectivity index (χ4n) is 3.86. The second-order valence-electron chi connectivity index (χ2n) is 7.77. The number of rotatable bonds is 6. The topological polar surface area (TPSA) is 94.5 Å². The lowest BCUT2D eigenvalue weighted by atomic mass is 10.1. The van der Waals surface area contributed by atoms with Crippen LogP contribution >= 0.6 is 0 Å². The van der Waals surface area contributed by atoms with Gasteiger partial charge >= 0.3 is 0 Å². The van der Waals surface area contributed by atoms with Crippen LogP contribution in [0, 0.1) is 5.41 Å². The quantitative estimate of drug-likeness (QED) is 0.446. The van der Waals surface area contributed by atoms with Gasteiger partial charge in [0, 0.05) is 43.5 Å². The summed E-state index contributed by atoms with van der Waals surface area (Å²) in [6.07, 6.45) is 10.7. The third-order valence-corrected chi connectivity index (χ3v) is 7.25. The molecule has 1 aliphatic carbocycles. The molecule has 0 spiro atoms. The van der Waals surface area contributed by atoms with Gasteiger partial charge in [0.1, 0.15) is 5.75 Å². The molecule has 1 saturated heterocycles. The fraction of sp³-hybridized carbons (Fsp3) is 0.240. The van der Waals surface area contributed by atoms with Gasteiger partial charge in [-0.3, -0.25) is 5.41 Å². The highest BCUT2D eigenvalue weighted by molar-refractivity contribution is 8.06. The summed E-state index contributed by atoms with van der Waals surface area (Å²) in [6, 6.07) is 11.6. The molecule has 0 bridgehead atoms. The molecule has 8 heteroatoms. The van der Waals surface area contributed by atoms with Crippen LogP contribution in [0.15, 0.2) is 83.4 Å². The average Bonchev–Trinajstić information content (AvgIpc) is 3.13. The normalized spacial score (nSPS) is 16.2. The lowest BCUT2D eigenvalue weighted by Gasteiger charge is -2.31. The first-order chi connectivity index (χ1) is 16.0. The third-order valence-electron chi connectivity index (χ3n) is 5.60. The highest BCUT2D eigenvalue weighted by atomic mass is 32.2. The van der Waals surface area contributed by atoms with Crippen LogP contribution in [0.4, 0.5) is 11.4 Å². The van der Waals surface area contributed by atoms with Crippen molar-refractivity contribution in [3.63, 3.8) is 0 Å². The van der Waals surface area contributed by atoms with Crippen LogP contribution in [0.3, 0.4) is 0 Å². The third kappa shape index (κ3) is 5.02. The minimum absolute atomic E-state index is 0.0944. The zero-order chi connectivity index (χ0) is 23.3. The Kier molecular flexibility index (Phi) is 6.96. The zero-order valence-electron chi connectivity index (χ0n) is 18.5. The summed E-state index contributed by atoms with van der Waals surface area (Å²) < 4.78 is 32.3. The highest BCUT2D eigenvalue weighted by Crippen LogP contribution is 2.37. The van der Waals surface area contributed by atoms with Gasteiger partial charge in [-0.2, -0.15) is 0 Å². The number of anilines is 2. The summed E-state index contributed by atoms with van der Waals surface area (Å²) in [6.45, 7) is 3.17. The maximum absolute atomic E-state index is 13.3. The van der Waals surface area contributed by atoms with Crippen LogP contribution < -0.4 is 20.3 Å². The second kappa shape index (κ2) is 10.1. The number of ether oxygens (including phenoxy) is 1. The summed E-state index contributed by atoms with van der Waals surface area (Å²) in [5.74, 6) is 0.627. The van der Waals surface area contributed by atoms with Gasteiger partial charge in [0.2, 0.25) is 9.84 Å². The summed E-state index contributed by atoms with van der Waals surface area (Å²) in [7, 11) is -2.41. The van der Waals surface area contributed by atoms with Gasteiger partial charge < -0.3 is 20.3 Å². The minimum atomic E-state index is -4.01. The van der Waals surface area contributed by atoms with Crippen molar-refractivity contribution in [2.75, 3.05) is 43.5 Å². The van der Waals surface area contributed by atoms with Crippen LogP contribution in [0.1, 0.15) is 12.0 Å². The van der Waals surface area contributed by atoms with E-state index in [-0.39, 0.29) is 4.90 Å². The van der Waals surface area contributed by atoms with Crippen molar-refractivity contribution >= 4 is 26.3 Å². The monoisotopic (exact) mass is 464 g/mol. The van der Waals surface area contributed by atoms with E-state index in [1.807, 2.05) is 30.4 Å². The number of hydrogen-bond acceptors (Lipinski definition) is 7. The van der Waals surface area contributed by atoms with Gasteiger partial charge in [-0.1, -0.05) is 36.4 Å². The van der Waals surface area contributed by atoms with Crippen LogP contribution in [-0.4, -0.2) is 46.8 Å². The Morgan fingerprint density at radius 3 is 2.61 bits per heavy atom. The van der Waals surface area contributed by atoms with E-state index in [1.165, 1.54) is 12.1 Å². The Hall–Kier alpha value is -3.36. The lowest BCUT2D eigenvalue weighted by molar-refractivity contribution is 0.413. The van der Waals surface area contributed by atoms with Gasteiger partial charge in [-0.25, -0.2) is 8.42 Å². The Morgan fingerprint density at radius 2 is 1.88 bits per heavy atom. The van der Waals surface area contributed by atoms with E-state index >= 15 is 0 Å². The zero-order valence-corrected chi connectivity index (χ0v) is 19.4. The molecule has 2 aliphatic rings. The standard InChI is InChI=1S/C25H28N4O3S/c1-32-24-18-22(28-19-9-5-2-3-6-10-19)21(17-23(24)29-15-13-27-14-16-29)25(26)33(30,31)20-11-7-4-8-12-20/h2,4-12,17-18,26-28H,3,13-16H2,1H3. The molecule has 2 aromatic rings. The van der Waals surface area contributed by atoms with Crippen LogP contribution in [0.2, 0.25) is 0 Å². The molecule has 0 radical (unpaired) electrons. The first kappa shape index (κ1) is 22.8. The molecular weight excluding hydrogens is 436 g/mol. The van der Waals surface area contributed by atoms with E-state index in [4.69, 9.17) is 10.1 Å². The molecule has 33 heavy (non-hydrogen) atoms. The van der Waals surface area contributed by atoms with Crippen molar-refractivity contribution in [3.05, 3.63) is 84.1 Å². The van der Waals surface area contributed by atoms with E-state index in [2.05, 4.69) is 15.5 Å². The van der Waals surface area contributed by atoms with E-state index in [9.17, 15) is 8.42 Å². The predicted molar refractivity (Wildman–Crippen MR) is 133 cm³/mol. The van der Waals surface area contributed by atoms with Gasteiger partial charge in [-0.05, 0) is 36.8 Å². The van der Waals surface area contributed by atoms with E-state index in [0.717, 1.165) is 44.0 Å². The SMILES string of the molecule is COc1cc(NC2=CC=CCC=C2)c(C(=N)S(=O)(=O)c2ccccc2)cc1N1CCNCC1. The number of allylic oxidation sites excluding steroid dienone is 5. The summed E-state index contributed by atoms with van der Waals surface area (Å²) in [4.78, 5) is 2.25. The second-order valence-corrected chi connectivity index (χ2v) is 9.65. The molecule has 0 aromatic heterocycles. The molecule has 1 heterocycles. The molecule has 1 fully saturated rings. The largest absolute Gasteiger partial charge is 0.495 e. The fourth-order valence-corrected chi connectivity index (χ4v) is 5.07. The minimum Gasteiger partial charge on any atom is -0.495 e. The van der Waals surface area contributed by atoms with E-state index in [0.29, 0.717) is 17.0 Å². The van der Waals surface area contributed by atoms with Crippen molar-refractivity contribution in [1.82, 2.24) is 5.32 Å². The Morgan fingerprint density at radius 1 is 1.12 bits per heavy atom. The van der Waals surface area contributed by atoms with E-state index < -0.39 is 14.9 Å². The first-order valence-corrected chi connectivity index (χ1v) is 12.4. The van der Waals surface area contributed by atoms with Crippen molar-refractivity contribution < 1.29 is 13.2 Å². The molecule has 0 saturated carbocycles. The Labute approximate surface area is 194 Å². The predicted octanol–water partition coefficient (Wildman–Crippen LogP) is 3.72. The molecule has 0 atom stereocenters. The summed E-state index contributed by atoms with van der Waals surface area (Å²) in [5, 5.41) is 14.9. The lowest BCUT2D eigenvalue weighted by Crippen LogP contribution is -2.43.